The first kappa shape index (κ1) is 20.6. The zero-order valence-electron chi connectivity index (χ0n) is 16.9. The van der Waals surface area contributed by atoms with Crippen molar-refractivity contribution >= 4 is 28.7 Å². The van der Waals surface area contributed by atoms with Crippen LogP contribution in [0.3, 0.4) is 0 Å². The molecule has 0 aliphatic carbocycles. The maximum absolute atomic E-state index is 12.6. The third kappa shape index (κ3) is 5.10. The van der Waals surface area contributed by atoms with Crippen molar-refractivity contribution < 1.29 is 9.47 Å². The van der Waals surface area contributed by atoms with Crippen molar-refractivity contribution in [3.8, 4) is 0 Å². The molecule has 160 valence electrons. The van der Waals surface area contributed by atoms with Crippen molar-refractivity contribution in [3.05, 3.63) is 10.5 Å². The van der Waals surface area contributed by atoms with Crippen molar-refractivity contribution in [1.82, 2.24) is 29.3 Å². The first-order valence-corrected chi connectivity index (χ1v) is 11.4. The fourth-order valence-electron chi connectivity index (χ4n) is 3.66. The molecule has 2 aliphatic rings. The number of hydrogen-bond acceptors (Lipinski definition) is 9. The summed E-state index contributed by atoms with van der Waals surface area (Å²) in [5, 5.41) is 4.06. The SMILES string of the molecule is CSc1nc(NCCN2CCOCC2)c2[nH]c(=O)n(CCN3CCOCC3)c2n1. The smallest absolute Gasteiger partial charge is 0.327 e. The van der Waals surface area contributed by atoms with Crippen LogP contribution in [-0.2, 0) is 16.0 Å². The van der Waals surface area contributed by atoms with Gasteiger partial charge in [-0.2, -0.15) is 0 Å². The number of ether oxygens (including phenoxy) is 2. The Hall–Kier alpha value is -1.66. The summed E-state index contributed by atoms with van der Waals surface area (Å²) in [7, 11) is 0. The van der Waals surface area contributed by atoms with E-state index in [1.54, 1.807) is 4.57 Å². The van der Waals surface area contributed by atoms with E-state index < -0.39 is 0 Å². The van der Waals surface area contributed by atoms with Crippen LogP contribution in [0.25, 0.3) is 11.2 Å². The summed E-state index contributed by atoms with van der Waals surface area (Å²) < 4.78 is 12.5. The third-order valence-corrected chi connectivity index (χ3v) is 5.90. The number of morpholine rings is 2. The number of aromatic nitrogens is 4. The molecule has 0 radical (unpaired) electrons. The molecule has 2 aliphatic heterocycles. The van der Waals surface area contributed by atoms with Gasteiger partial charge in [-0.3, -0.25) is 14.4 Å². The second-order valence-electron chi connectivity index (χ2n) is 7.17. The third-order valence-electron chi connectivity index (χ3n) is 5.35. The maximum Gasteiger partial charge on any atom is 0.327 e. The molecule has 0 unspecified atom stereocenters. The lowest BCUT2D eigenvalue weighted by molar-refractivity contribution is 0.0364. The number of imidazole rings is 1. The monoisotopic (exact) mass is 423 g/mol. The summed E-state index contributed by atoms with van der Waals surface area (Å²) >= 11 is 1.48. The number of nitrogens with zero attached hydrogens (tertiary/aromatic N) is 5. The Morgan fingerprint density at radius 2 is 1.66 bits per heavy atom. The van der Waals surface area contributed by atoms with Gasteiger partial charge in [0, 0.05) is 52.4 Å². The lowest BCUT2D eigenvalue weighted by atomic mass is 10.4. The van der Waals surface area contributed by atoms with Crippen LogP contribution in [0.5, 0.6) is 0 Å². The molecule has 2 aromatic rings. The fraction of sp³-hybridized carbons (Fsp3) is 0.722. The van der Waals surface area contributed by atoms with Crippen LogP contribution in [0.15, 0.2) is 9.95 Å². The van der Waals surface area contributed by atoms with Crippen molar-refractivity contribution in [3.63, 3.8) is 0 Å². The van der Waals surface area contributed by atoms with Crippen LogP contribution in [0.2, 0.25) is 0 Å². The number of thioether (sulfide) groups is 1. The lowest BCUT2D eigenvalue weighted by Crippen LogP contribution is -2.39. The number of aromatic amines is 1. The van der Waals surface area contributed by atoms with Gasteiger partial charge < -0.3 is 19.8 Å². The Bertz CT molecular complexity index is 859. The molecule has 0 amide bonds. The topological polar surface area (TPSA) is 101 Å². The Morgan fingerprint density at radius 3 is 2.31 bits per heavy atom. The molecule has 11 heteroatoms. The van der Waals surface area contributed by atoms with E-state index in [-0.39, 0.29) is 5.69 Å². The Labute approximate surface area is 174 Å². The molecule has 0 saturated carbocycles. The summed E-state index contributed by atoms with van der Waals surface area (Å²) in [6.45, 7) is 9.82. The van der Waals surface area contributed by atoms with Crippen molar-refractivity contribution in [2.75, 3.05) is 83.8 Å². The van der Waals surface area contributed by atoms with Crippen molar-refractivity contribution in [2.45, 2.75) is 11.7 Å². The summed E-state index contributed by atoms with van der Waals surface area (Å²) in [5.41, 5.74) is 1.20. The highest BCUT2D eigenvalue weighted by Gasteiger charge is 2.17. The molecule has 0 aromatic carbocycles. The quantitative estimate of drug-likeness (QED) is 0.446. The molecule has 29 heavy (non-hydrogen) atoms. The minimum Gasteiger partial charge on any atom is -0.379 e. The van der Waals surface area contributed by atoms with Crippen molar-refractivity contribution in [2.24, 2.45) is 0 Å². The van der Waals surface area contributed by atoms with Gasteiger partial charge in [-0.1, -0.05) is 11.8 Å². The van der Waals surface area contributed by atoms with Gasteiger partial charge in [-0.25, -0.2) is 14.8 Å². The number of nitrogens with one attached hydrogen (secondary N) is 2. The fourth-order valence-corrected chi connectivity index (χ4v) is 4.02. The Morgan fingerprint density at radius 1 is 1.00 bits per heavy atom. The van der Waals surface area contributed by atoms with Crippen LogP contribution >= 0.6 is 11.8 Å². The molecule has 0 atom stereocenters. The Kier molecular flexibility index (Phi) is 7.03. The number of H-pyrrole nitrogens is 1. The lowest BCUT2D eigenvalue weighted by Gasteiger charge is -2.26. The highest BCUT2D eigenvalue weighted by atomic mass is 32.2. The number of hydrogen-bond donors (Lipinski definition) is 2. The maximum atomic E-state index is 12.6. The second kappa shape index (κ2) is 9.90. The van der Waals surface area contributed by atoms with Crippen LogP contribution in [-0.4, -0.2) is 108 Å². The average molecular weight is 424 g/mol. The molecule has 4 heterocycles. The van der Waals surface area contributed by atoms with Gasteiger partial charge in [0.2, 0.25) is 0 Å². The molecular weight excluding hydrogens is 394 g/mol. The summed E-state index contributed by atoms with van der Waals surface area (Å²) in [6.07, 6.45) is 1.95. The van der Waals surface area contributed by atoms with Crippen LogP contribution in [0.1, 0.15) is 0 Å². The van der Waals surface area contributed by atoms with Gasteiger partial charge in [0.05, 0.1) is 26.4 Å². The predicted octanol–water partition coefficient (Wildman–Crippen LogP) is -0.0822. The predicted molar refractivity (Wildman–Crippen MR) is 113 cm³/mol. The first-order valence-electron chi connectivity index (χ1n) is 10.1. The number of rotatable bonds is 8. The summed E-state index contributed by atoms with van der Waals surface area (Å²) in [5.74, 6) is 0.690. The van der Waals surface area contributed by atoms with Gasteiger partial charge in [-0.05, 0) is 6.26 Å². The van der Waals surface area contributed by atoms with Gasteiger partial charge in [-0.15, -0.1) is 0 Å². The standard InChI is InChI=1S/C18H29N7O3S/c1-29-17-21-15(19-2-3-23-6-10-27-11-7-23)14-16(22-17)25(18(26)20-14)5-4-24-8-12-28-13-9-24/h2-13H2,1H3,(H,20,26)(H,19,21,22). The largest absolute Gasteiger partial charge is 0.379 e. The molecule has 2 saturated heterocycles. The summed E-state index contributed by atoms with van der Waals surface area (Å²) in [6, 6.07) is 0. The molecule has 10 nitrogen and oxygen atoms in total. The van der Waals surface area contributed by atoms with Crippen LogP contribution in [0.4, 0.5) is 5.82 Å². The normalized spacial score (nSPS) is 19.1. The number of fused-ring (bicyclic) bond motifs is 1. The van der Waals surface area contributed by atoms with E-state index in [0.29, 0.717) is 28.7 Å². The molecule has 2 aromatic heterocycles. The highest BCUT2D eigenvalue weighted by Crippen LogP contribution is 2.21. The van der Waals surface area contributed by atoms with Crippen LogP contribution in [0, 0.1) is 0 Å². The molecule has 2 N–H and O–H groups in total. The molecule has 4 rings (SSSR count). The van der Waals surface area contributed by atoms with E-state index in [1.165, 1.54) is 11.8 Å². The van der Waals surface area contributed by atoms with Gasteiger partial charge in [0.1, 0.15) is 5.52 Å². The minimum absolute atomic E-state index is 0.142. The zero-order chi connectivity index (χ0) is 20.1. The van der Waals surface area contributed by atoms with E-state index >= 15 is 0 Å². The second-order valence-corrected chi connectivity index (χ2v) is 7.95. The molecule has 2 fully saturated rings. The van der Waals surface area contributed by atoms with E-state index in [2.05, 4.69) is 30.1 Å². The van der Waals surface area contributed by atoms with E-state index in [9.17, 15) is 4.79 Å². The molecular formula is C18H29N7O3S. The van der Waals surface area contributed by atoms with Gasteiger partial charge in [0.25, 0.3) is 0 Å². The highest BCUT2D eigenvalue weighted by molar-refractivity contribution is 7.98. The average Bonchev–Trinajstić information content (AvgIpc) is 3.08. The van der Waals surface area contributed by atoms with Gasteiger partial charge in [0.15, 0.2) is 16.6 Å². The Balaban J connectivity index is 1.49. The minimum atomic E-state index is -0.142. The zero-order valence-corrected chi connectivity index (χ0v) is 17.7. The van der Waals surface area contributed by atoms with E-state index in [1.807, 2.05) is 6.26 Å². The van der Waals surface area contributed by atoms with Crippen LogP contribution < -0.4 is 11.0 Å². The number of anilines is 1. The molecule has 0 spiro atoms. The van der Waals surface area contributed by atoms with E-state index in [4.69, 9.17) is 9.47 Å². The summed E-state index contributed by atoms with van der Waals surface area (Å²) in [4.78, 5) is 29.5. The molecule has 0 bridgehead atoms. The van der Waals surface area contributed by atoms with Crippen molar-refractivity contribution in [1.29, 1.82) is 0 Å². The first-order chi connectivity index (χ1) is 14.2. The van der Waals surface area contributed by atoms with E-state index in [0.717, 1.165) is 72.2 Å². The van der Waals surface area contributed by atoms with Gasteiger partial charge >= 0.3 is 5.69 Å².